The molecule has 0 aromatic heterocycles. The van der Waals surface area contributed by atoms with Gasteiger partial charge in [0.15, 0.2) is 34.7 Å². The van der Waals surface area contributed by atoms with Crippen molar-refractivity contribution in [3.63, 3.8) is 0 Å². The average molecular weight is 667 g/mol. The highest BCUT2D eigenvalue weighted by atomic mass is 32.1. The third-order valence-electron chi connectivity index (χ3n) is 6.74. The Morgan fingerprint density at radius 3 is 2.15 bits per heavy atom. The summed E-state index contributed by atoms with van der Waals surface area (Å²) < 4.78 is 33.3. The lowest BCUT2D eigenvalue weighted by atomic mass is 9.92. The molecule has 1 N–H and O–H groups in total. The van der Waals surface area contributed by atoms with E-state index in [1.165, 1.54) is 4.90 Å². The summed E-state index contributed by atoms with van der Waals surface area (Å²) in [5.41, 5.74) is 2.21. The fourth-order valence-electron chi connectivity index (χ4n) is 4.81. The van der Waals surface area contributed by atoms with Crippen LogP contribution in [0.4, 0.5) is 0 Å². The smallest absolute Gasteiger partial charge is 0.344 e. The molecule has 1 amide bonds. The van der Waals surface area contributed by atoms with Gasteiger partial charge < -0.3 is 33.7 Å². The van der Waals surface area contributed by atoms with Crippen LogP contribution in [-0.2, 0) is 23.9 Å². The first kappa shape index (κ1) is 36.6. The second kappa shape index (κ2) is 17.7. The van der Waals surface area contributed by atoms with Gasteiger partial charge in [0.1, 0.15) is 6.61 Å². The largest absolute Gasteiger partial charge is 0.490 e. The molecular weight excluding hydrogens is 624 g/mol. The van der Waals surface area contributed by atoms with Crippen molar-refractivity contribution in [2.45, 2.75) is 47.6 Å². The van der Waals surface area contributed by atoms with E-state index in [1.54, 1.807) is 76.2 Å². The highest BCUT2D eigenvalue weighted by molar-refractivity contribution is 7.80. The number of carbonyl (C=O) groups excluding carboxylic acids is 3. The van der Waals surface area contributed by atoms with Gasteiger partial charge in [-0.25, -0.2) is 9.59 Å². The predicted octanol–water partition coefficient (Wildman–Crippen LogP) is 5.69. The van der Waals surface area contributed by atoms with Crippen LogP contribution < -0.4 is 24.3 Å². The molecule has 11 nitrogen and oxygen atoms in total. The molecule has 2 aromatic rings. The van der Waals surface area contributed by atoms with Gasteiger partial charge in [0.2, 0.25) is 0 Å². The summed E-state index contributed by atoms with van der Waals surface area (Å²) in [5, 5.41) is 3.12. The third kappa shape index (κ3) is 9.35. The molecule has 0 saturated carbocycles. The summed E-state index contributed by atoms with van der Waals surface area (Å²) in [5.74, 6) is 0.128. The lowest BCUT2D eigenvalue weighted by molar-refractivity contribution is -0.145. The molecule has 0 radical (unpaired) electrons. The Morgan fingerprint density at radius 1 is 0.872 bits per heavy atom. The number of thiocarbonyl (C=S) groups is 1. The van der Waals surface area contributed by atoms with Gasteiger partial charge in [-0.05, 0) is 95.2 Å². The van der Waals surface area contributed by atoms with E-state index in [0.29, 0.717) is 58.6 Å². The number of allylic oxidation sites excluding steroid dienone is 1. The lowest BCUT2D eigenvalue weighted by Gasteiger charge is -2.38. The van der Waals surface area contributed by atoms with Crippen molar-refractivity contribution >= 4 is 41.3 Å². The zero-order chi connectivity index (χ0) is 34.5. The van der Waals surface area contributed by atoms with Gasteiger partial charge >= 0.3 is 11.9 Å². The number of rotatable bonds is 16. The van der Waals surface area contributed by atoms with Crippen LogP contribution in [-0.4, -0.2) is 67.5 Å². The first-order valence-corrected chi connectivity index (χ1v) is 15.8. The second-order valence-electron chi connectivity index (χ2n) is 10.1. The van der Waals surface area contributed by atoms with Gasteiger partial charge in [0.25, 0.3) is 5.91 Å². The Morgan fingerprint density at radius 2 is 1.51 bits per heavy atom. The van der Waals surface area contributed by atoms with Crippen LogP contribution >= 0.6 is 12.2 Å². The minimum absolute atomic E-state index is 0.112. The van der Waals surface area contributed by atoms with Gasteiger partial charge in [-0.1, -0.05) is 24.8 Å². The maximum absolute atomic E-state index is 14.2. The Kier molecular flexibility index (Phi) is 13.8. The summed E-state index contributed by atoms with van der Waals surface area (Å²) >= 11 is 5.69. The number of hydrogen-bond acceptors (Lipinski definition) is 10. The number of esters is 2. The summed E-state index contributed by atoms with van der Waals surface area (Å²) in [6, 6.07) is 9.36. The minimum atomic E-state index is -0.941. The number of hydrogen-bond donors (Lipinski definition) is 1. The lowest BCUT2D eigenvalue weighted by Crippen LogP contribution is -2.51. The molecule has 47 heavy (non-hydrogen) atoms. The van der Waals surface area contributed by atoms with Crippen LogP contribution in [0.15, 0.2) is 65.9 Å². The van der Waals surface area contributed by atoms with Gasteiger partial charge in [-0.15, -0.1) is 0 Å². The Balaban J connectivity index is 2.07. The molecule has 1 aliphatic rings. The Bertz CT molecular complexity index is 1550. The summed E-state index contributed by atoms with van der Waals surface area (Å²) in [4.78, 5) is 40.8. The Hall–Kier alpha value is -4.84. The van der Waals surface area contributed by atoms with Crippen LogP contribution in [0.2, 0.25) is 0 Å². The van der Waals surface area contributed by atoms with Crippen molar-refractivity contribution in [3.8, 4) is 23.0 Å². The molecule has 12 heteroatoms. The van der Waals surface area contributed by atoms with Gasteiger partial charge in [-0.3, -0.25) is 9.69 Å². The average Bonchev–Trinajstić information content (AvgIpc) is 3.03. The molecule has 0 fully saturated rings. The molecule has 2 aromatic carbocycles. The highest BCUT2D eigenvalue weighted by Crippen LogP contribution is 2.40. The number of nitrogens with zero attached hydrogens (tertiary/aromatic N) is 1. The van der Waals surface area contributed by atoms with Gasteiger partial charge in [0, 0.05) is 11.3 Å². The van der Waals surface area contributed by atoms with E-state index in [1.807, 2.05) is 13.8 Å². The number of carbonyl (C=O) groups is 3. The molecule has 0 saturated heterocycles. The fraction of sp³-hybridized carbons (Fsp3) is 0.371. The third-order valence-corrected chi connectivity index (χ3v) is 7.04. The fourth-order valence-corrected chi connectivity index (χ4v) is 5.15. The molecule has 1 atom stereocenters. The van der Waals surface area contributed by atoms with E-state index in [0.717, 1.165) is 0 Å². The van der Waals surface area contributed by atoms with Crippen LogP contribution in [0.5, 0.6) is 23.0 Å². The Labute approximate surface area is 281 Å². The second-order valence-corrected chi connectivity index (χ2v) is 10.5. The molecule has 252 valence electrons. The standard InChI is InChI=1S/C35H42N2O9S/c1-8-17-45-26-16-14-25(20-29(26)42-10-3)32-31(34(40)44-12-5)23(7)36-35(47)37(32)33(39)22(6)18-24-13-15-27(28(19-24)41-9-2)46-21-30(38)43-11-4/h8,13-16,18-20,32H,1,9-12,17,21H2,2-7H3,(H,36,47)/b22-18+. The molecule has 3 rings (SSSR count). The van der Waals surface area contributed by atoms with Gasteiger partial charge in [-0.2, -0.15) is 0 Å². The van der Waals surface area contributed by atoms with E-state index in [-0.39, 0.29) is 37.1 Å². The maximum atomic E-state index is 14.2. The molecule has 1 aliphatic heterocycles. The molecule has 1 unspecified atom stereocenters. The van der Waals surface area contributed by atoms with Crippen molar-refractivity contribution in [2.75, 3.05) is 39.6 Å². The van der Waals surface area contributed by atoms with E-state index in [9.17, 15) is 14.4 Å². The summed E-state index contributed by atoms with van der Waals surface area (Å²) in [6.45, 7) is 15.2. The maximum Gasteiger partial charge on any atom is 0.344 e. The normalized spacial score (nSPS) is 14.6. The van der Waals surface area contributed by atoms with Crippen molar-refractivity contribution in [2.24, 2.45) is 0 Å². The van der Waals surface area contributed by atoms with E-state index in [4.69, 9.17) is 40.6 Å². The van der Waals surface area contributed by atoms with Crippen LogP contribution in [0.1, 0.15) is 58.7 Å². The number of amides is 1. The van der Waals surface area contributed by atoms with Crippen molar-refractivity contribution in [1.29, 1.82) is 0 Å². The van der Waals surface area contributed by atoms with Crippen molar-refractivity contribution in [3.05, 3.63) is 77.0 Å². The first-order chi connectivity index (χ1) is 22.6. The van der Waals surface area contributed by atoms with E-state index < -0.39 is 23.9 Å². The van der Waals surface area contributed by atoms with Crippen molar-refractivity contribution < 1.29 is 42.8 Å². The van der Waals surface area contributed by atoms with Crippen LogP contribution in [0, 0.1) is 0 Å². The van der Waals surface area contributed by atoms with E-state index >= 15 is 0 Å². The predicted molar refractivity (Wildman–Crippen MR) is 181 cm³/mol. The highest BCUT2D eigenvalue weighted by Gasteiger charge is 2.41. The topological polar surface area (TPSA) is 122 Å². The summed E-state index contributed by atoms with van der Waals surface area (Å²) in [7, 11) is 0. The molecule has 0 aliphatic carbocycles. The molecule has 0 spiro atoms. The molecular formula is C35H42N2O9S. The van der Waals surface area contributed by atoms with Crippen LogP contribution in [0.3, 0.4) is 0 Å². The van der Waals surface area contributed by atoms with Crippen LogP contribution in [0.25, 0.3) is 6.08 Å². The minimum Gasteiger partial charge on any atom is -0.490 e. The monoisotopic (exact) mass is 666 g/mol. The quantitative estimate of drug-likeness (QED) is 0.103. The van der Waals surface area contributed by atoms with Crippen molar-refractivity contribution in [1.82, 2.24) is 10.2 Å². The molecule has 0 bridgehead atoms. The summed E-state index contributed by atoms with van der Waals surface area (Å²) in [6.07, 6.45) is 3.30. The zero-order valence-electron chi connectivity index (χ0n) is 27.7. The zero-order valence-corrected chi connectivity index (χ0v) is 28.5. The van der Waals surface area contributed by atoms with Gasteiger partial charge in [0.05, 0.1) is 38.0 Å². The first-order valence-electron chi connectivity index (χ1n) is 15.4. The number of benzene rings is 2. The number of nitrogens with one attached hydrogen (secondary N) is 1. The molecule has 1 heterocycles. The van der Waals surface area contributed by atoms with E-state index in [2.05, 4.69) is 11.9 Å². The SMILES string of the molecule is C=CCOc1ccc(C2C(C(=O)OCC)=C(C)NC(=S)N2C(=O)/C(C)=C/c2ccc(OCC(=O)OCC)c(OCC)c2)cc1OCC. The number of ether oxygens (including phenoxy) is 6.